The number of hydrogen-bond donors (Lipinski definition) is 1. The number of aromatic hydroxyl groups is 1. The molecule has 0 saturated carbocycles. The molecular weight excluding hydrogens is 271 g/mol. The maximum absolute atomic E-state index is 10.3. The van der Waals surface area contributed by atoms with Gasteiger partial charge in [-0.05, 0) is 35.2 Å². The fourth-order valence-electron chi connectivity index (χ4n) is 2.57. The highest BCUT2D eigenvalue weighted by Gasteiger charge is 2.14. The quantitative estimate of drug-likeness (QED) is 0.680. The highest BCUT2D eigenvalue weighted by Crippen LogP contribution is 2.40. The molecule has 0 aliphatic heterocycles. The summed E-state index contributed by atoms with van der Waals surface area (Å²) in [5.74, 6) is 0.320. The molecule has 21 heavy (non-hydrogen) atoms. The molecule has 0 heterocycles. The Labute approximate surface area is 136 Å². The number of hydrogen-bond acceptors (Lipinski definition) is 1. The van der Waals surface area contributed by atoms with Crippen LogP contribution in [0.25, 0.3) is 22.3 Å². The predicted molar refractivity (Wildman–Crippen MR) is 89.5 cm³/mol. The average Bonchev–Trinajstić information content (AvgIpc) is 2.51. The highest BCUT2D eigenvalue weighted by molar-refractivity contribution is 5.89. The summed E-state index contributed by atoms with van der Waals surface area (Å²) >= 11 is 0. The van der Waals surface area contributed by atoms with Gasteiger partial charge < -0.3 is 5.11 Å². The summed E-state index contributed by atoms with van der Waals surface area (Å²) < 4.78 is 0. The Hall–Kier alpha value is -2.01. The molecule has 1 N–H and O–H groups in total. The van der Waals surface area contributed by atoms with E-state index in [1.165, 1.54) is 0 Å². The third kappa shape index (κ3) is 3.03. The lowest BCUT2D eigenvalue weighted by atomic mass is 9.90. The van der Waals surface area contributed by atoms with Crippen molar-refractivity contribution in [2.75, 3.05) is 0 Å². The molecular formula is C19H16AlO. The van der Waals surface area contributed by atoms with Crippen LogP contribution in [0.2, 0.25) is 0 Å². The first-order chi connectivity index (χ1) is 9.77. The Morgan fingerprint density at radius 3 is 1.62 bits per heavy atom. The van der Waals surface area contributed by atoms with Gasteiger partial charge in [0.15, 0.2) is 0 Å². The Bertz CT molecular complexity index is 657. The van der Waals surface area contributed by atoms with E-state index in [-0.39, 0.29) is 17.4 Å². The summed E-state index contributed by atoms with van der Waals surface area (Å²) in [7, 11) is 0. The van der Waals surface area contributed by atoms with Gasteiger partial charge in [0.25, 0.3) is 0 Å². The third-order valence-corrected chi connectivity index (χ3v) is 3.52. The molecule has 3 rings (SSSR count). The van der Waals surface area contributed by atoms with E-state index in [9.17, 15) is 5.11 Å². The van der Waals surface area contributed by atoms with Crippen molar-refractivity contribution >= 4 is 17.4 Å². The smallest absolute Gasteiger partial charge is 0.124 e. The van der Waals surface area contributed by atoms with E-state index in [0.717, 1.165) is 27.8 Å². The van der Waals surface area contributed by atoms with Crippen LogP contribution in [-0.4, -0.2) is 22.5 Å². The van der Waals surface area contributed by atoms with Crippen LogP contribution in [0, 0.1) is 6.92 Å². The Kier molecular flexibility index (Phi) is 4.86. The van der Waals surface area contributed by atoms with Crippen molar-refractivity contribution in [2.45, 2.75) is 6.92 Å². The largest absolute Gasteiger partial charge is 0.507 e. The molecule has 0 spiro atoms. The molecule has 1 nitrogen and oxygen atoms in total. The molecule has 101 valence electrons. The fourth-order valence-corrected chi connectivity index (χ4v) is 2.57. The molecule has 0 amide bonds. The maximum Gasteiger partial charge on any atom is 0.124 e. The average molecular weight is 287 g/mol. The van der Waals surface area contributed by atoms with E-state index >= 15 is 0 Å². The van der Waals surface area contributed by atoms with E-state index in [1.54, 1.807) is 6.07 Å². The first kappa shape index (κ1) is 15.4. The Morgan fingerprint density at radius 2 is 1.10 bits per heavy atom. The summed E-state index contributed by atoms with van der Waals surface area (Å²) in [6.45, 7) is 2.08. The van der Waals surface area contributed by atoms with E-state index in [1.807, 2.05) is 54.6 Å². The molecule has 0 atom stereocenters. The van der Waals surface area contributed by atoms with Crippen molar-refractivity contribution in [1.29, 1.82) is 0 Å². The predicted octanol–water partition coefficient (Wildman–Crippen LogP) is 4.65. The van der Waals surface area contributed by atoms with Gasteiger partial charge in [-0.3, -0.25) is 0 Å². The van der Waals surface area contributed by atoms with Gasteiger partial charge >= 0.3 is 0 Å². The van der Waals surface area contributed by atoms with Crippen molar-refractivity contribution in [3.63, 3.8) is 0 Å². The van der Waals surface area contributed by atoms with Gasteiger partial charge in [0.1, 0.15) is 5.75 Å². The molecule has 0 aliphatic rings. The van der Waals surface area contributed by atoms with Crippen LogP contribution in [-0.2, 0) is 0 Å². The summed E-state index contributed by atoms with van der Waals surface area (Å²) in [6, 6.07) is 24.0. The van der Waals surface area contributed by atoms with Gasteiger partial charge in [0, 0.05) is 22.9 Å². The molecule has 3 aromatic rings. The Balaban J connectivity index is 0.00000161. The number of rotatable bonds is 2. The fraction of sp³-hybridized carbons (Fsp3) is 0.0526. The van der Waals surface area contributed by atoms with Gasteiger partial charge in [-0.15, -0.1) is 0 Å². The van der Waals surface area contributed by atoms with E-state index in [4.69, 9.17) is 0 Å². The van der Waals surface area contributed by atoms with Crippen molar-refractivity contribution in [3.05, 3.63) is 78.4 Å². The molecule has 0 bridgehead atoms. The molecule has 3 aromatic carbocycles. The zero-order valence-electron chi connectivity index (χ0n) is 12.0. The zero-order valence-corrected chi connectivity index (χ0v) is 13.1. The number of phenolic OH excluding ortho intramolecular Hbond substituents is 1. The van der Waals surface area contributed by atoms with Crippen LogP contribution < -0.4 is 0 Å². The standard InChI is InChI=1S/C19H16O.Al/c1-14-12-13-17(20)19(16-10-6-3-7-11-16)18(14)15-8-4-2-5-9-15;/h2-13,20H,1H3;. The molecule has 2 heteroatoms. The number of benzene rings is 3. The number of phenols is 1. The lowest BCUT2D eigenvalue weighted by Crippen LogP contribution is -1.90. The molecule has 0 aromatic heterocycles. The van der Waals surface area contributed by atoms with Crippen molar-refractivity contribution in [2.24, 2.45) is 0 Å². The van der Waals surface area contributed by atoms with Crippen LogP contribution in [0.5, 0.6) is 5.75 Å². The SMILES string of the molecule is Cc1ccc(O)c(-c2ccccc2)c1-c1ccccc1.[Al]. The Morgan fingerprint density at radius 1 is 0.619 bits per heavy atom. The normalized spacial score (nSPS) is 9.95. The minimum atomic E-state index is 0. The number of aryl methyl sites for hydroxylation is 1. The van der Waals surface area contributed by atoms with Crippen LogP contribution in [0.15, 0.2) is 72.8 Å². The molecule has 0 fully saturated rings. The van der Waals surface area contributed by atoms with Crippen LogP contribution in [0.4, 0.5) is 0 Å². The second-order valence-corrected chi connectivity index (χ2v) is 4.88. The summed E-state index contributed by atoms with van der Waals surface area (Å²) in [4.78, 5) is 0. The van der Waals surface area contributed by atoms with E-state index in [0.29, 0.717) is 5.75 Å². The monoisotopic (exact) mass is 287 g/mol. The summed E-state index contributed by atoms with van der Waals surface area (Å²) in [5, 5.41) is 10.3. The van der Waals surface area contributed by atoms with Gasteiger partial charge in [-0.25, -0.2) is 0 Å². The first-order valence-corrected chi connectivity index (χ1v) is 6.71. The second kappa shape index (κ2) is 6.63. The summed E-state index contributed by atoms with van der Waals surface area (Å²) in [5.41, 5.74) is 5.31. The van der Waals surface area contributed by atoms with Crippen molar-refractivity contribution in [3.8, 4) is 28.0 Å². The molecule has 0 saturated heterocycles. The van der Waals surface area contributed by atoms with Crippen LogP contribution >= 0.6 is 0 Å². The maximum atomic E-state index is 10.3. The highest BCUT2D eigenvalue weighted by atomic mass is 27.0. The van der Waals surface area contributed by atoms with Crippen LogP contribution in [0.1, 0.15) is 5.56 Å². The molecule has 0 unspecified atom stereocenters. The lowest BCUT2D eigenvalue weighted by Gasteiger charge is -2.15. The van der Waals surface area contributed by atoms with Crippen molar-refractivity contribution < 1.29 is 5.11 Å². The van der Waals surface area contributed by atoms with Gasteiger partial charge in [-0.2, -0.15) is 0 Å². The molecule has 3 radical (unpaired) electrons. The molecule has 0 aliphatic carbocycles. The zero-order chi connectivity index (χ0) is 13.9. The minimum Gasteiger partial charge on any atom is -0.507 e. The van der Waals surface area contributed by atoms with Gasteiger partial charge in [0.2, 0.25) is 0 Å². The van der Waals surface area contributed by atoms with E-state index in [2.05, 4.69) is 19.1 Å². The second-order valence-electron chi connectivity index (χ2n) is 4.88. The van der Waals surface area contributed by atoms with Gasteiger partial charge in [0.05, 0.1) is 0 Å². The van der Waals surface area contributed by atoms with E-state index < -0.39 is 0 Å². The lowest BCUT2D eigenvalue weighted by molar-refractivity contribution is 0.477. The third-order valence-electron chi connectivity index (χ3n) is 3.52. The first-order valence-electron chi connectivity index (χ1n) is 6.71. The summed E-state index contributed by atoms with van der Waals surface area (Å²) in [6.07, 6.45) is 0. The van der Waals surface area contributed by atoms with Crippen LogP contribution in [0.3, 0.4) is 0 Å². The van der Waals surface area contributed by atoms with Gasteiger partial charge in [-0.1, -0.05) is 66.7 Å². The minimum absolute atomic E-state index is 0. The van der Waals surface area contributed by atoms with Crippen molar-refractivity contribution in [1.82, 2.24) is 0 Å². The topological polar surface area (TPSA) is 20.2 Å².